The second-order valence-electron chi connectivity index (χ2n) is 7.25. The van der Waals surface area contributed by atoms with Crippen LogP contribution in [0.25, 0.3) is 0 Å². The Bertz CT molecular complexity index is 453. The van der Waals surface area contributed by atoms with Gasteiger partial charge < -0.3 is 5.32 Å². The van der Waals surface area contributed by atoms with Gasteiger partial charge in [-0.05, 0) is 74.1 Å². The zero-order valence-corrected chi connectivity index (χ0v) is 13.6. The Morgan fingerprint density at radius 2 is 2.10 bits per heavy atom. The summed E-state index contributed by atoms with van der Waals surface area (Å²) in [5.41, 5.74) is 2.95. The molecule has 21 heavy (non-hydrogen) atoms. The van der Waals surface area contributed by atoms with Crippen molar-refractivity contribution < 1.29 is 0 Å². The van der Waals surface area contributed by atoms with E-state index in [0.717, 1.165) is 23.8 Å². The molecule has 1 aromatic rings. The quantitative estimate of drug-likeness (QED) is 0.836. The summed E-state index contributed by atoms with van der Waals surface area (Å²) in [6.07, 6.45) is 13.8. The maximum atomic E-state index is 4.41. The number of aryl methyl sites for hydroxylation is 1. The average Bonchev–Trinajstić information content (AvgIpc) is 3.31. The van der Waals surface area contributed by atoms with Crippen LogP contribution in [0.3, 0.4) is 0 Å². The summed E-state index contributed by atoms with van der Waals surface area (Å²) in [4.78, 5) is 4.41. The third-order valence-corrected chi connectivity index (χ3v) is 5.52. The predicted molar refractivity (Wildman–Crippen MR) is 88.5 cm³/mol. The van der Waals surface area contributed by atoms with Crippen LogP contribution in [-0.4, -0.2) is 17.6 Å². The number of nitrogens with one attached hydrogen (secondary N) is 1. The lowest BCUT2D eigenvalue weighted by Crippen LogP contribution is -2.33. The van der Waals surface area contributed by atoms with Crippen molar-refractivity contribution in [2.24, 2.45) is 11.8 Å². The van der Waals surface area contributed by atoms with Crippen LogP contribution < -0.4 is 5.32 Å². The highest BCUT2D eigenvalue weighted by molar-refractivity contribution is 5.27. The van der Waals surface area contributed by atoms with Crippen molar-refractivity contribution in [3.63, 3.8) is 0 Å². The number of hydrogen-bond acceptors (Lipinski definition) is 2. The summed E-state index contributed by atoms with van der Waals surface area (Å²) in [6.45, 7) is 5.79. The van der Waals surface area contributed by atoms with Crippen LogP contribution in [0.5, 0.6) is 0 Å². The van der Waals surface area contributed by atoms with Crippen LogP contribution in [-0.2, 0) is 0 Å². The molecule has 0 aliphatic heterocycles. The Morgan fingerprint density at radius 1 is 1.24 bits per heavy atom. The average molecular weight is 286 g/mol. The first-order chi connectivity index (χ1) is 10.3. The minimum atomic E-state index is 0.718. The van der Waals surface area contributed by atoms with Crippen LogP contribution in [0, 0.1) is 18.8 Å². The molecule has 0 amide bonds. The molecule has 0 aromatic carbocycles. The second kappa shape index (κ2) is 6.91. The zero-order chi connectivity index (χ0) is 14.7. The van der Waals surface area contributed by atoms with Gasteiger partial charge in [0.1, 0.15) is 0 Å². The standard InChI is InChI=1S/C19H30N2/c1-3-4-15-5-6-16(12-21-17-7-8-17)18(11-15)19-13-20-10-9-14(19)2/h9-10,13,15-18,21H,3-8,11-12H2,1-2H3. The SMILES string of the molecule is CCCC1CCC(CNC2CC2)C(c2cnccc2C)C1. The highest BCUT2D eigenvalue weighted by atomic mass is 14.9. The van der Waals surface area contributed by atoms with Gasteiger partial charge in [0.25, 0.3) is 0 Å². The third-order valence-electron chi connectivity index (χ3n) is 5.52. The largest absolute Gasteiger partial charge is 0.314 e. The molecule has 3 unspecified atom stereocenters. The van der Waals surface area contributed by atoms with Crippen LogP contribution >= 0.6 is 0 Å². The smallest absolute Gasteiger partial charge is 0.0305 e. The van der Waals surface area contributed by atoms with Crippen LogP contribution in [0.1, 0.15) is 68.9 Å². The van der Waals surface area contributed by atoms with E-state index in [1.165, 1.54) is 62.6 Å². The fourth-order valence-electron chi connectivity index (χ4n) is 4.09. The van der Waals surface area contributed by atoms with Crippen molar-refractivity contribution in [3.8, 4) is 0 Å². The van der Waals surface area contributed by atoms with E-state index in [4.69, 9.17) is 0 Å². The van der Waals surface area contributed by atoms with Gasteiger partial charge in [-0.3, -0.25) is 4.98 Å². The molecular formula is C19H30N2. The first-order valence-corrected chi connectivity index (χ1v) is 8.91. The van der Waals surface area contributed by atoms with E-state index < -0.39 is 0 Å². The maximum Gasteiger partial charge on any atom is 0.0305 e. The monoisotopic (exact) mass is 286 g/mol. The Labute approximate surface area is 129 Å². The third kappa shape index (κ3) is 3.85. The van der Waals surface area contributed by atoms with Gasteiger partial charge in [-0.1, -0.05) is 26.2 Å². The van der Waals surface area contributed by atoms with E-state index in [9.17, 15) is 0 Å². The Morgan fingerprint density at radius 3 is 2.81 bits per heavy atom. The molecule has 116 valence electrons. The Hall–Kier alpha value is -0.890. The lowest BCUT2D eigenvalue weighted by atomic mass is 9.69. The molecule has 2 heteroatoms. The summed E-state index contributed by atoms with van der Waals surface area (Å²) in [7, 11) is 0. The van der Waals surface area contributed by atoms with Crippen LogP contribution in [0.2, 0.25) is 0 Å². The Kier molecular flexibility index (Phi) is 4.95. The molecule has 2 aliphatic rings. The minimum absolute atomic E-state index is 0.718. The topological polar surface area (TPSA) is 24.9 Å². The van der Waals surface area contributed by atoms with Gasteiger partial charge in [-0.25, -0.2) is 0 Å². The number of hydrogen-bond donors (Lipinski definition) is 1. The minimum Gasteiger partial charge on any atom is -0.314 e. The molecule has 2 saturated carbocycles. The van der Waals surface area contributed by atoms with Crippen molar-refractivity contribution in [1.82, 2.24) is 10.3 Å². The molecule has 0 bridgehead atoms. The molecule has 3 atom stereocenters. The van der Waals surface area contributed by atoms with Gasteiger partial charge >= 0.3 is 0 Å². The number of rotatable bonds is 6. The maximum absolute atomic E-state index is 4.41. The van der Waals surface area contributed by atoms with Crippen molar-refractivity contribution in [3.05, 3.63) is 29.6 Å². The van der Waals surface area contributed by atoms with Crippen molar-refractivity contribution >= 4 is 0 Å². The fourth-order valence-corrected chi connectivity index (χ4v) is 4.09. The summed E-state index contributed by atoms with van der Waals surface area (Å²) in [5, 5.41) is 3.77. The molecule has 0 radical (unpaired) electrons. The van der Waals surface area contributed by atoms with Crippen LogP contribution in [0.15, 0.2) is 18.5 Å². The molecule has 2 aliphatic carbocycles. The number of nitrogens with zero attached hydrogens (tertiary/aromatic N) is 1. The van der Waals surface area contributed by atoms with Gasteiger partial charge in [-0.2, -0.15) is 0 Å². The van der Waals surface area contributed by atoms with E-state index in [1.54, 1.807) is 0 Å². The van der Waals surface area contributed by atoms with Gasteiger partial charge in [-0.15, -0.1) is 0 Å². The molecule has 0 spiro atoms. The number of aromatic nitrogens is 1. The van der Waals surface area contributed by atoms with E-state index in [0.29, 0.717) is 0 Å². The van der Waals surface area contributed by atoms with Gasteiger partial charge in [0.15, 0.2) is 0 Å². The van der Waals surface area contributed by atoms with E-state index in [1.807, 2.05) is 6.20 Å². The van der Waals surface area contributed by atoms with Gasteiger partial charge in [0.2, 0.25) is 0 Å². The normalized spacial score (nSPS) is 29.5. The lowest BCUT2D eigenvalue weighted by Gasteiger charge is -2.37. The van der Waals surface area contributed by atoms with Gasteiger partial charge in [0.05, 0.1) is 0 Å². The lowest BCUT2D eigenvalue weighted by molar-refractivity contribution is 0.219. The molecule has 2 nitrogen and oxygen atoms in total. The van der Waals surface area contributed by atoms with Crippen molar-refractivity contribution in [2.75, 3.05) is 6.54 Å². The molecule has 2 fully saturated rings. The summed E-state index contributed by atoms with van der Waals surface area (Å²) < 4.78 is 0. The zero-order valence-electron chi connectivity index (χ0n) is 13.6. The summed E-state index contributed by atoms with van der Waals surface area (Å²) >= 11 is 0. The van der Waals surface area contributed by atoms with E-state index in [2.05, 4.69) is 36.4 Å². The first kappa shape index (κ1) is 15.0. The number of pyridine rings is 1. The molecule has 1 aromatic heterocycles. The fraction of sp³-hybridized carbons (Fsp3) is 0.737. The highest BCUT2D eigenvalue weighted by Crippen LogP contribution is 2.42. The molecule has 3 rings (SSSR count). The summed E-state index contributed by atoms with van der Waals surface area (Å²) in [6, 6.07) is 3.01. The van der Waals surface area contributed by atoms with E-state index in [-0.39, 0.29) is 0 Å². The molecule has 1 N–H and O–H groups in total. The molecule has 1 heterocycles. The van der Waals surface area contributed by atoms with E-state index >= 15 is 0 Å². The highest BCUT2D eigenvalue weighted by Gasteiger charge is 2.33. The van der Waals surface area contributed by atoms with Crippen molar-refractivity contribution in [1.29, 1.82) is 0 Å². The first-order valence-electron chi connectivity index (χ1n) is 8.91. The molecule has 0 saturated heterocycles. The second-order valence-corrected chi connectivity index (χ2v) is 7.25. The molecular weight excluding hydrogens is 256 g/mol. The Balaban J connectivity index is 1.72. The van der Waals surface area contributed by atoms with Crippen molar-refractivity contribution in [2.45, 2.75) is 70.8 Å². The van der Waals surface area contributed by atoms with Crippen LogP contribution in [0.4, 0.5) is 0 Å². The summed E-state index contributed by atoms with van der Waals surface area (Å²) in [5.74, 6) is 2.45. The van der Waals surface area contributed by atoms with Gasteiger partial charge in [0, 0.05) is 18.4 Å². The predicted octanol–water partition coefficient (Wildman–Crippen LogP) is 4.44.